The molecule has 0 saturated carbocycles. The Morgan fingerprint density at radius 1 is 0.469 bits per heavy atom. The van der Waals surface area contributed by atoms with Crippen molar-refractivity contribution in [2.45, 2.75) is 261 Å². The van der Waals surface area contributed by atoms with E-state index in [1.165, 1.54) is 0 Å². The number of H-pyrrole nitrogens is 2. The molecular weight excluding hydrogens is 1960 g/mol. The van der Waals surface area contributed by atoms with Crippen LogP contribution in [0, 0.1) is 47.3 Å². The van der Waals surface area contributed by atoms with Gasteiger partial charge in [0, 0.05) is 173 Å². The molecule has 9 heterocycles. The van der Waals surface area contributed by atoms with Crippen molar-refractivity contribution in [1.29, 1.82) is 0 Å². The Balaban J connectivity index is 0.840. The molecule has 21 N–H and O–H groups in total. The summed E-state index contributed by atoms with van der Waals surface area (Å²) in [5.41, 5.74) is 13.7. The van der Waals surface area contributed by atoms with Crippen LogP contribution in [0.25, 0.3) is 21.8 Å². The number of fused-ring (bicyclic) bond motifs is 10. The summed E-state index contributed by atoms with van der Waals surface area (Å²) in [6, 6.07) is -1.13. The lowest BCUT2D eigenvalue weighted by atomic mass is 9.86. The second-order valence-electron chi connectivity index (χ2n) is 39.5. The van der Waals surface area contributed by atoms with Crippen molar-refractivity contribution in [3.8, 4) is 0 Å². The Morgan fingerprint density at radius 2 is 0.878 bits per heavy atom. The number of ketones is 5. The predicted molar refractivity (Wildman–Crippen MR) is 539 cm³/mol. The number of nitrogens with one attached hydrogen (secondary N) is 15. The smallest absolute Gasteiger partial charge is 0.253 e. The largest absolute Gasteiger partial charge is 0.391 e. The minimum atomic E-state index is -3.67. The Morgan fingerprint density at radius 3 is 1.31 bits per heavy atom. The van der Waals surface area contributed by atoms with Crippen LogP contribution in [0.1, 0.15) is 188 Å². The number of hydrogen-bond donors (Lipinski definition) is 19. The van der Waals surface area contributed by atoms with Gasteiger partial charge in [-0.25, -0.2) is 0 Å². The highest BCUT2D eigenvalue weighted by atomic mass is 32.2. The van der Waals surface area contributed by atoms with Crippen molar-refractivity contribution in [3.05, 3.63) is 65.2 Å². The van der Waals surface area contributed by atoms with Gasteiger partial charge >= 0.3 is 0 Å². The number of carbonyl (C=O) groups excluding carboxylic acids is 22. The normalized spacial score (nSPS) is 26.1. The number of primary amides is 2. The number of aromatic amines is 2. The van der Waals surface area contributed by atoms with E-state index in [0.717, 1.165) is 50.4 Å². The van der Waals surface area contributed by atoms with Crippen molar-refractivity contribution >= 4 is 188 Å². The number of imide groups is 1. The number of aliphatic hydroxyl groups excluding tert-OH is 2. The fourth-order valence-electron chi connectivity index (χ4n) is 19.3. The Kier molecular flexibility index (Phi) is 41.4. The van der Waals surface area contributed by atoms with Crippen molar-refractivity contribution in [2.75, 3.05) is 81.9 Å². The first-order valence-electron chi connectivity index (χ1n) is 50.4. The molecule has 147 heavy (non-hydrogen) atoms. The van der Waals surface area contributed by atoms with Crippen LogP contribution in [-0.4, -0.2) is 301 Å². The van der Waals surface area contributed by atoms with E-state index in [-0.39, 0.29) is 124 Å². The third-order valence-electron chi connectivity index (χ3n) is 28.5. The van der Waals surface area contributed by atoms with E-state index in [4.69, 9.17) is 11.5 Å². The SMILES string of the molecule is CCC(C)[C@@H]1NC(=O)[C@@H]2C[C@@H](O)CN2C(=O)[C@H](CC(N)=O)CC(=O)[C@@H]2CSc3[nH]c4ccc(CC(=O)CCCNP(=O)(CCCCN5C(=O)C=CC5=O)NCCCC(=O)Nc5ccc6[nH]c7c(c6c5)C[C@@H]5CC(=O)[C@H](C(C)CC)NC(=O)[C@@H]6C[C@@H](O)CN6C(=O)[C@H](CC(N)=O)CC(=O)[C@H](CS7)NC(=O)CNC(=O)[C@H]([C@@H](C)CC)NC(=O)CNC5=O)cc4c3C[C@H](CC1=O)C(=O)NCC(=O)N[C@@H]([C@@H](C)CC)C(=O)NCC(=O)N2. The molecule has 17 amide bonds. The van der Waals surface area contributed by atoms with Gasteiger partial charge in [-0.1, -0.05) is 87.1 Å². The van der Waals surface area contributed by atoms with E-state index in [1.807, 2.05) is 0 Å². The second kappa shape index (κ2) is 52.9. The topological polar surface area (TPSA) is 683 Å². The number of anilines is 1. The summed E-state index contributed by atoms with van der Waals surface area (Å²) in [6.07, 6.45) is -3.95. The van der Waals surface area contributed by atoms with Crippen LogP contribution >= 0.6 is 31.0 Å². The van der Waals surface area contributed by atoms with E-state index in [1.54, 1.807) is 91.8 Å². The predicted octanol–water partition coefficient (Wildman–Crippen LogP) is -0.105. The molecule has 0 aliphatic carbocycles. The number of nitrogens with zero attached hydrogens (tertiary/aromatic N) is 3. The molecule has 7 aliphatic rings. The molecule has 45 nitrogen and oxygen atoms in total. The maximum Gasteiger partial charge on any atom is 0.253 e. The van der Waals surface area contributed by atoms with E-state index < -0.39 is 317 Å². The number of Topliss-reactive ketones (excluding diaryl/α,β-unsaturated/α-hetero) is 5. The third kappa shape index (κ3) is 31.1. The molecule has 19 atom stereocenters. The molecule has 2 aromatic heterocycles. The highest BCUT2D eigenvalue weighted by molar-refractivity contribution is 7.99. The Hall–Kier alpha value is -12.4. The van der Waals surface area contributed by atoms with E-state index in [0.29, 0.717) is 69.2 Å². The summed E-state index contributed by atoms with van der Waals surface area (Å²) in [5.74, 6) is -25.4. The van der Waals surface area contributed by atoms with E-state index in [2.05, 4.69) is 78.6 Å². The first-order valence-corrected chi connectivity index (χ1v) is 54.2. The molecule has 0 spiro atoms. The molecule has 4 aromatic rings. The van der Waals surface area contributed by atoms with Crippen LogP contribution in [-0.2, 0) is 129 Å². The van der Waals surface area contributed by atoms with Crippen LogP contribution in [0.5, 0.6) is 0 Å². The monoisotopic (exact) mass is 2100 g/mol. The van der Waals surface area contributed by atoms with E-state index >= 15 is 23.7 Å². The van der Waals surface area contributed by atoms with Gasteiger partial charge in [-0.15, -0.1) is 23.5 Å². The molecule has 2 fully saturated rings. The van der Waals surface area contributed by atoms with Gasteiger partial charge in [0.2, 0.25) is 96.1 Å². The molecule has 0 radical (unpaired) electrons. The van der Waals surface area contributed by atoms with Crippen LogP contribution in [0.2, 0.25) is 0 Å². The van der Waals surface area contributed by atoms with Gasteiger partial charge in [-0.3, -0.25) is 125 Å². The van der Waals surface area contributed by atoms with Gasteiger partial charge in [0.1, 0.15) is 30.0 Å². The van der Waals surface area contributed by atoms with Gasteiger partial charge in [0.15, 0.2) is 23.1 Å². The Bertz CT molecular complexity index is 5460. The van der Waals surface area contributed by atoms with Crippen molar-refractivity contribution in [1.82, 2.24) is 88.0 Å². The summed E-state index contributed by atoms with van der Waals surface area (Å²) in [4.78, 5) is 322. The summed E-state index contributed by atoms with van der Waals surface area (Å²) < 4.78 is 15.2. The van der Waals surface area contributed by atoms with Crippen molar-refractivity contribution in [3.63, 3.8) is 0 Å². The number of carbonyl (C=O) groups is 22. The zero-order valence-electron chi connectivity index (χ0n) is 83.9. The molecule has 3 unspecified atom stereocenters. The Labute approximate surface area is 858 Å². The van der Waals surface area contributed by atoms with Gasteiger partial charge < -0.3 is 99.9 Å². The number of aliphatic hydroxyl groups is 2. The minimum Gasteiger partial charge on any atom is -0.391 e. The highest BCUT2D eigenvalue weighted by Gasteiger charge is 2.48. The third-order valence-corrected chi connectivity index (χ3v) is 33.1. The number of aromatic nitrogens is 2. The number of rotatable bonds is 30. The van der Waals surface area contributed by atoms with Crippen LogP contribution in [0.15, 0.2) is 58.6 Å². The average Bonchev–Trinajstić information content (AvgIpc) is 1.49. The average molecular weight is 2100 g/mol. The summed E-state index contributed by atoms with van der Waals surface area (Å²) >= 11 is 1.99. The fourth-order valence-corrected chi connectivity index (χ4v) is 23.7. The van der Waals surface area contributed by atoms with Gasteiger partial charge in [-0.05, 0) is 109 Å². The summed E-state index contributed by atoms with van der Waals surface area (Å²) in [6.45, 7) is 10.2. The van der Waals surface area contributed by atoms with Crippen LogP contribution in [0.4, 0.5) is 5.69 Å². The molecule has 48 heteroatoms. The lowest BCUT2D eigenvalue weighted by molar-refractivity contribution is -0.145. The van der Waals surface area contributed by atoms with Crippen molar-refractivity contribution in [2.24, 2.45) is 58.8 Å². The first-order chi connectivity index (χ1) is 69.8. The lowest BCUT2D eigenvalue weighted by Crippen LogP contribution is -2.55. The highest BCUT2D eigenvalue weighted by Crippen LogP contribution is 2.41. The van der Waals surface area contributed by atoms with Crippen LogP contribution in [0.3, 0.4) is 0 Å². The minimum absolute atomic E-state index is 0.000850. The first kappa shape index (κ1) is 115. The van der Waals surface area contributed by atoms with Gasteiger partial charge in [-0.2, -0.15) is 0 Å². The maximum absolute atomic E-state index is 15.2. The zero-order valence-corrected chi connectivity index (χ0v) is 86.4. The molecule has 11 rings (SSSR count). The van der Waals surface area contributed by atoms with Gasteiger partial charge in [0.05, 0.1) is 84.4 Å². The zero-order chi connectivity index (χ0) is 107. The number of amides is 17. The van der Waals surface area contributed by atoms with E-state index in [9.17, 15) is 96.5 Å². The standard InChI is InChI=1S/C99H137N20O25PS2/c1-9-50(5)86-75(125)33-55-31-65-63-30-54(19-21-67(63)111-96(65)146-48-69(109-80(130)42-104-94(140)88(52(7)11-3)113-82(132)44-102-90(55)136)73(123)35-57(37-77(100)127)98(142)118-46-61(121)40-71(118)92(138)115-86)29-60(120)17-15-25-106-145(144,28-14-13-27-117-84(134)23-24-85(117)135)107-26-16-18-79(129)108-59-20-22-68-64(39-59)66-32-56-34-76(126)87(51(6)10-2)116-93(139)72-41-62(122)47-119(72)99(143)58(38-78(101)128)36-74(124)70(49-147-97(66)112-68)110-81(131)43-105-95(141)89(53(8)12-4)114-83(133)45-103-91(56)137/h19-24,30,39,50-53,55-58,61-62,69-72,86-89,111-112,121-122H,9-18,25-29,31-38,40-49H2,1-8H3,(H2,100,127)(H2,101,128)(H,102,136)(H,103,137)(H,104,140)(H,105,141)(H,108,129)(H,109,130)(H,110,131)(H,113,132)(H,114,133)(H,115,138)(H,116,139)(H2,106,107,144)/t50?,51?,52-,53-,55+,56+,57-,58-,61+,62+,69-,70-,71-,72-,86-,87-,88-,89-,145?/m0/s1. The summed E-state index contributed by atoms with van der Waals surface area (Å²) in [5, 5.41) is 59.1. The van der Waals surface area contributed by atoms with Crippen molar-refractivity contribution < 1.29 is 120 Å². The van der Waals surface area contributed by atoms with Gasteiger partial charge in [0.25, 0.3) is 11.8 Å². The number of benzene rings is 2. The molecule has 4 bridgehead atoms. The second-order valence-corrected chi connectivity index (χ2v) is 44.1. The molecule has 2 saturated heterocycles. The molecule has 7 aliphatic heterocycles. The molecular formula is C99H137N20O25PS2. The number of unbranched alkanes of at least 4 members (excludes halogenated alkanes) is 1. The fraction of sp³-hybridized carbons (Fsp3) is 0.596. The molecule has 800 valence electrons. The molecule has 2 aromatic carbocycles. The number of nitrogens with two attached hydrogens (primary N) is 2. The maximum atomic E-state index is 15.2. The van der Waals surface area contributed by atoms with Crippen LogP contribution < -0.4 is 80.1 Å². The quantitative estimate of drug-likeness (QED) is 0.0184. The summed E-state index contributed by atoms with van der Waals surface area (Å²) in [7, 11) is -3.67. The number of hydrogen-bond acceptors (Lipinski definition) is 27. The number of thioether (sulfide) groups is 2. The lowest BCUT2D eigenvalue weighted by Gasteiger charge is -2.31.